The Kier molecular flexibility index (Phi) is 35.2. The van der Waals surface area contributed by atoms with E-state index in [2.05, 4.69) is 26.0 Å². The van der Waals surface area contributed by atoms with E-state index >= 15 is 0 Å². The van der Waals surface area contributed by atoms with Gasteiger partial charge < -0.3 is 25.2 Å². The molecule has 3 unspecified atom stereocenters. The first-order valence-electron chi connectivity index (χ1n) is 20.2. The van der Waals surface area contributed by atoms with E-state index < -0.39 is 45.1 Å². The maximum absolute atomic E-state index is 12.6. The number of nitrogens with two attached hydrogens (primary N) is 1. The molecule has 3 atom stereocenters. The lowest BCUT2D eigenvalue weighted by Crippen LogP contribution is -2.34. The molecule has 0 aromatic carbocycles. The summed E-state index contributed by atoms with van der Waals surface area (Å²) >= 11 is 0. The van der Waals surface area contributed by atoms with Crippen molar-refractivity contribution in [1.82, 2.24) is 0 Å². The molecule has 50 heavy (non-hydrogen) atoms. The fourth-order valence-corrected chi connectivity index (χ4v) is 6.38. The van der Waals surface area contributed by atoms with Crippen LogP contribution in [-0.2, 0) is 32.7 Å². The summed E-state index contributed by atoms with van der Waals surface area (Å²) in [5.41, 5.74) is 5.34. The molecule has 0 heterocycles. The van der Waals surface area contributed by atoms with Crippen molar-refractivity contribution in [2.75, 3.05) is 26.4 Å². The van der Waals surface area contributed by atoms with Gasteiger partial charge in [-0.05, 0) is 32.1 Å². The standard InChI is InChI=1S/C39H76NO9P/c1-3-5-7-9-11-13-15-16-17-18-19-20-21-23-25-27-29-31-38(41)49-36(34-47-50(44,45)48-35-37(40)39(42)43)33-46-32-30-28-26-24-22-14-12-10-8-6-4-2/h8,10,36-37H,3-7,9,11-35,40H2,1-2H3,(H,42,43)(H,44,45)/b10-8-. The molecule has 0 aromatic rings. The van der Waals surface area contributed by atoms with E-state index in [1.807, 2.05) is 0 Å². The summed E-state index contributed by atoms with van der Waals surface area (Å²) in [6, 6.07) is -1.47. The van der Waals surface area contributed by atoms with Gasteiger partial charge in [-0.25, -0.2) is 4.57 Å². The van der Waals surface area contributed by atoms with Gasteiger partial charge in [-0.15, -0.1) is 0 Å². The van der Waals surface area contributed by atoms with Crippen molar-refractivity contribution >= 4 is 19.8 Å². The normalized spacial score (nSPS) is 14.2. The minimum absolute atomic E-state index is 0.0174. The highest BCUT2D eigenvalue weighted by molar-refractivity contribution is 7.47. The largest absolute Gasteiger partial charge is 0.480 e. The van der Waals surface area contributed by atoms with E-state index in [0.29, 0.717) is 6.61 Å². The van der Waals surface area contributed by atoms with Crippen molar-refractivity contribution in [3.8, 4) is 0 Å². The number of carboxylic acid groups (broad SMARTS) is 1. The summed E-state index contributed by atoms with van der Waals surface area (Å²) in [5.74, 6) is -1.77. The van der Waals surface area contributed by atoms with E-state index in [-0.39, 0.29) is 13.0 Å². The molecule has 0 aliphatic carbocycles. The Morgan fingerprint density at radius 2 is 1.08 bits per heavy atom. The summed E-state index contributed by atoms with van der Waals surface area (Å²) in [4.78, 5) is 33.4. The Bertz CT molecular complexity index is 857. The second kappa shape index (κ2) is 36.1. The summed E-state index contributed by atoms with van der Waals surface area (Å²) in [7, 11) is -4.61. The molecule has 10 nitrogen and oxygen atoms in total. The SMILES string of the molecule is CCC/C=C\CCCCCCCCOCC(COP(=O)(O)OCC(N)C(=O)O)OC(=O)CCCCCCCCCCCCCCCCCCC. The van der Waals surface area contributed by atoms with Crippen molar-refractivity contribution in [2.24, 2.45) is 5.73 Å². The lowest BCUT2D eigenvalue weighted by Gasteiger charge is -2.20. The second-order valence-electron chi connectivity index (χ2n) is 13.8. The van der Waals surface area contributed by atoms with Crippen molar-refractivity contribution < 1.29 is 42.7 Å². The monoisotopic (exact) mass is 734 g/mol. The van der Waals surface area contributed by atoms with Gasteiger partial charge in [-0.2, -0.15) is 0 Å². The Morgan fingerprint density at radius 3 is 1.60 bits per heavy atom. The van der Waals surface area contributed by atoms with E-state index in [1.54, 1.807) is 0 Å². The van der Waals surface area contributed by atoms with Gasteiger partial charge in [0.1, 0.15) is 12.1 Å². The molecule has 4 N–H and O–H groups in total. The van der Waals surface area contributed by atoms with Crippen LogP contribution in [0.25, 0.3) is 0 Å². The van der Waals surface area contributed by atoms with Crippen LogP contribution in [0, 0.1) is 0 Å². The molecule has 0 bridgehead atoms. The van der Waals surface area contributed by atoms with Crippen LogP contribution in [0.4, 0.5) is 0 Å². The third-order valence-electron chi connectivity index (χ3n) is 8.78. The number of hydrogen-bond donors (Lipinski definition) is 3. The second-order valence-corrected chi connectivity index (χ2v) is 15.2. The predicted molar refractivity (Wildman–Crippen MR) is 203 cm³/mol. The molecule has 0 saturated heterocycles. The van der Waals surface area contributed by atoms with E-state index in [1.165, 1.54) is 116 Å². The van der Waals surface area contributed by atoms with E-state index in [4.69, 9.17) is 29.4 Å². The lowest BCUT2D eigenvalue weighted by atomic mass is 10.0. The minimum Gasteiger partial charge on any atom is -0.480 e. The first-order chi connectivity index (χ1) is 24.2. The first kappa shape index (κ1) is 48.7. The zero-order valence-corrected chi connectivity index (χ0v) is 32.9. The average molecular weight is 734 g/mol. The lowest BCUT2D eigenvalue weighted by molar-refractivity contribution is -0.154. The first-order valence-corrected chi connectivity index (χ1v) is 21.7. The molecule has 11 heteroatoms. The molecular formula is C39H76NO9P. The van der Waals surface area contributed by atoms with Gasteiger partial charge in [0.05, 0.1) is 19.8 Å². The number of phosphoric ester groups is 1. The number of carboxylic acids is 1. The third-order valence-corrected chi connectivity index (χ3v) is 9.73. The number of ether oxygens (including phenoxy) is 2. The van der Waals surface area contributed by atoms with Crippen LogP contribution in [0.15, 0.2) is 12.2 Å². The fraction of sp³-hybridized carbons (Fsp3) is 0.897. The van der Waals surface area contributed by atoms with Crippen molar-refractivity contribution in [3.63, 3.8) is 0 Å². The predicted octanol–water partition coefficient (Wildman–Crippen LogP) is 10.6. The number of rotatable bonds is 39. The van der Waals surface area contributed by atoms with Crippen molar-refractivity contribution in [2.45, 2.75) is 199 Å². The zero-order valence-electron chi connectivity index (χ0n) is 32.0. The van der Waals surface area contributed by atoms with Gasteiger partial charge in [0.25, 0.3) is 0 Å². The molecule has 0 rings (SSSR count). The quantitative estimate of drug-likeness (QED) is 0.0240. The highest BCUT2D eigenvalue weighted by Crippen LogP contribution is 2.43. The molecule has 0 saturated carbocycles. The van der Waals surface area contributed by atoms with Gasteiger partial charge in [-0.1, -0.05) is 161 Å². The maximum atomic E-state index is 12.6. The Labute approximate surface area is 305 Å². The Hall–Kier alpha value is -1.29. The number of carbonyl (C=O) groups excluding carboxylic acids is 1. The number of allylic oxidation sites excluding steroid dienone is 2. The van der Waals surface area contributed by atoms with Gasteiger partial charge in [0, 0.05) is 13.0 Å². The van der Waals surface area contributed by atoms with Crippen LogP contribution in [0.2, 0.25) is 0 Å². The van der Waals surface area contributed by atoms with Crippen LogP contribution in [0.1, 0.15) is 187 Å². The topological polar surface area (TPSA) is 155 Å². The van der Waals surface area contributed by atoms with Crippen LogP contribution >= 0.6 is 7.82 Å². The number of carbonyl (C=O) groups is 2. The molecule has 0 radical (unpaired) electrons. The van der Waals surface area contributed by atoms with Gasteiger partial charge in [0.15, 0.2) is 0 Å². The van der Waals surface area contributed by atoms with Crippen molar-refractivity contribution in [3.05, 3.63) is 12.2 Å². The average Bonchev–Trinajstić information content (AvgIpc) is 3.09. The molecule has 0 aliphatic heterocycles. The highest BCUT2D eigenvalue weighted by Gasteiger charge is 2.27. The van der Waals surface area contributed by atoms with Crippen LogP contribution in [-0.4, -0.2) is 60.5 Å². The maximum Gasteiger partial charge on any atom is 0.472 e. The van der Waals surface area contributed by atoms with Crippen LogP contribution in [0.5, 0.6) is 0 Å². The van der Waals surface area contributed by atoms with E-state index in [0.717, 1.165) is 51.4 Å². The molecule has 296 valence electrons. The van der Waals surface area contributed by atoms with Crippen LogP contribution < -0.4 is 5.73 Å². The number of unbranched alkanes of at least 4 members (excludes halogenated alkanes) is 23. The number of esters is 1. The number of hydrogen-bond acceptors (Lipinski definition) is 8. The molecule has 0 fully saturated rings. The fourth-order valence-electron chi connectivity index (χ4n) is 5.61. The van der Waals surface area contributed by atoms with E-state index in [9.17, 15) is 19.0 Å². The van der Waals surface area contributed by atoms with Gasteiger partial charge >= 0.3 is 19.8 Å². The molecule has 0 aromatic heterocycles. The minimum atomic E-state index is -4.61. The smallest absolute Gasteiger partial charge is 0.472 e. The van der Waals surface area contributed by atoms with Crippen LogP contribution in [0.3, 0.4) is 0 Å². The summed E-state index contributed by atoms with van der Waals surface area (Å²) in [5, 5.41) is 8.87. The highest BCUT2D eigenvalue weighted by atomic mass is 31.2. The molecular weight excluding hydrogens is 657 g/mol. The number of phosphoric acid groups is 1. The zero-order chi connectivity index (χ0) is 37.0. The van der Waals surface area contributed by atoms with Gasteiger partial charge in [-0.3, -0.25) is 18.6 Å². The molecule has 0 spiro atoms. The Balaban J connectivity index is 4.21. The summed E-state index contributed by atoms with van der Waals surface area (Å²) in [6.45, 7) is 3.83. The number of aliphatic carboxylic acids is 1. The summed E-state index contributed by atoms with van der Waals surface area (Å²) < 4.78 is 33.2. The van der Waals surface area contributed by atoms with Crippen molar-refractivity contribution in [1.29, 1.82) is 0 Å². The molecule has 0 amide bonds. The molecule has 0 aliphatic rings. The third kappa shape index (κ3) is 35.1. The Morgan fingerprint density at radius 1 is 0.620 bits per heavy atom. The van der Waals surface area contributed by atoms with Gasteiger partial charge in [0.2, 0.25) is 0 Å². The summed E-state index contributed by atoms with van der Waals surface area (Å²) in [6.07, 6.45) is 35.5.